The molecule has 0 bridgehead atoms. The predicted molar refractivity (Wildman–Crippen MR) is 111 cm³/mol. The molecule has 0 aliphatic carbocycles. The molecule has 0 saturated heterocycles. The van der Waals surface area contributed by atoms with Crippen molar-refractivity contribution < 1.29 is 31.2 Å². The topological polar surface area (TPSA) is 139 Å². The number of ether oxygens (including phenoxy) is 1. The lowest BCUT2D eigenvalue weighted by Gasteiger charge is -2.14. The average molecular weight is 496 g/mol. The maximum atomic E-state index is 12.2. The van der Waals surface area contributed by atoms with Crippen LogP contribution >= 0.6 is 22.9 Å². The van der Waals surface area contributed by atoms with E-state index in [0.717, 1.165) is 15.6 Å². The number of rotatable bonds is 9. The van der Waals surface area contributed by atoms with Crippen LogP contribution in [0.15, 0.2) is 44.8 Å². The summed E-state index contributed by atoms with van der Waals surface area (Å²) in [5.41, 5.74) is 0.124. The van der Waals surface area contributed by atoms with Crippen molar-refractivity contribution >= 4 is 60.5 Å². The number of sulfonamides is 2. The van der Waals surface area contributed by atoms with Gasteiger partial charge >= 0.3 is 5.97 Å². The van der Waals surface area contributed by atoms with Gasteiger partial charge in [-0.3, -0.25) is 9.59 Å². The third-order valence-corrected chi connectivity index (χ3v) is 8.60. The fourth-order valence-electron chi connectivity index (χ4n) is 2.01. The Kier molecular flexibility index (Phi) is 7.96. The van der Waals surface area contributed by atoms with Crippen LogP contribution in [0.4, 0.5) is 5.69 Å². The summed E-state index contributed by atoms with van der Waals surface area (Å²) in [7, 11) is -4.99. The van der Waals surface area contributed by atoms with Gasteiger partial charge in [0, 0.05) is 19.8 Å². The van der Waals surface area contributed by atoms with Gasteiger partial charge in [0.1, 0.15) is 15.6 Å². The molecule has 1 amide bonds. The van der Waals surface area contributed by atoms with Gasteiger partial charge in [-0.1, -0.05) is 17.7 Å². The number of amides is 1. The van der Waals surface area contributed by atoms with E-state index in [0.29, 0.717) is 0 Å². The summed E-state index contributed by atoms with van der Waals surface area (Å²) in [5.74, 6) is -1.71. The lowest BCUT2D eigenvalue weighted by molar-refractivity contribution is -0.146. The zero-order valence-electron chi connectivity index (χ0n) is 15.8. The summed E-state index contributed by atoms with van der Waals surface area (Å²) >= 11 is 6.91. The van der Waals surface area contributed by atoms with E-state index in [1.165, 1.54) is 38.4 Å². The number of nitrogens with one attached hydrogen (secondary N) is 2. The molecule has 10 nitrogen and oxygen atoms in total. The van der Waals surface area contributed by atoms with Gasteiger partial charge in [-0.2, -0.15) is 4.72 Å². The quantitative estimate of drug-likeness (QED) is 0.497. The maximum absolute atomic E-state index is 12.2. The summed E-state index contributed by atoms with van der Waals surface area (Å²) in [6, 6.07) is 6.79. The largest absolute Gasteiger partial charge is 0.455 e. The summed E-state index contributed by atoms with van der Waals surface area (Å²) in [6.45, 7) is -1.35. The van der Waals surface area contributed by atoms with Crippen molar-refractivity contribution in [2.45, 2.75) is 9.10 Å². The Morgan fingerprint density at radius 2 is 1.87 bits per heavy atom. The Morgan fingerprint density at radius 1 is 1.17 bits per heavy atom. The number of hydrogen-bond acceptors (Lipinski definition) is 8. The van der Waals surface area contributed by atoms with Crippen LogP contribution in [0, 0.1) is 0 Å². The highest BCUT2D eigenvalue weighted by Crippen LogP contribution is 2.26. The minimum atomic E-state index is -3.84. The molecule has 1 aromatic carbocycles. The molecule has 2 N–H and O–H groups in total. The molecule has 0 aliphatic rings. The van der Waals surface area contributed by atoms with Gasteiger partial charge in [0.15, 0.2) is 6.61 Å². The third-order valence-electron chi connectivity index (χ3n) is 3.50. The number of anilines is 1. The summed E-state index contributed by atoms with van der Waals surface area (Å²) in [6.07, 6.45) is 0. The van der Waals surface area contributed by atoms with Crippen molar-refractivity contribution in [1.29, 1.82) is 0 Å². The lowest BCUT2D eigenvalue weighted by Crippen LogP contribution is -2.32. The molecule has 1 heterocycles. The van der Waals surface area contributed by atoms with Gasteiger partial charge in [0.05, 0.1) is 5.02 Å². The smallest absolute Gasteiger partial charge is 0.321 e. The summed E-state index contributed by atoms with van der Waals surface area (Å²) in [4.78, 5) is 23.5. The van der Waals surface area contributed by atoms with E-state index in [1.807, 2.05) is 0 Å². The highest BCUT2D eigenvalue weighted by Gasteiger charge is 2.22. The molecule has 0 unspecified atom stereocenters. The van der Waals surface area contributed by atoms with Crippen molar-refractivity contribution in [3.8, 4) is 0 Å². The number of benzene rings is 1. The van der Waals surface area contributed by atoms with Crippen LogP contribution in [0.2, 0.25) is 5.02 Å². The fraction of sp³-hybridized carbons (Fsp3) is 0.250. The van der Waals surface area contributed by atoms with Crippen LogP contribution in [0.3, 0.4) is 0 Å². The molecule has 1 aromatic heterocycles. The monoisotopic (exact) mass is 495 g/mol. The number of hydrogen-bond donors (Lipinski definition) is 2. The number of carbonyl (C=O) groups excluding carboxylic acids is 2. The van der Waals surface area contributed by atoms with Crippen molar-refractivity contribution in [3.63, 3.8) is 0 Å². The Labute approximate surface area is 182 Å². The number of thiophene rings is 1. The zero-order chi connectivity index (χ0) is 22.5. The summed E-state index contributed by atoms with van der Waals surface area (Å²) < 4.78 is 56.1. The van der Waals surface area contributed by atoms with Crippen LogP contribution in [0.25, 0.3) is 0 Å². The molecule has 2 aromatic rings. The van der Waals surface area contributed by atoms with Crippen molar-refractivity contribution in [2.75, 3.05) is 32.6 Å². The first-order valence-electron chi connectivity index (χ1n) is 8.14. The Hall–Kier alpha value is -2.03. The molecule has 0 saturated carbocycles. The Morgan fingerprint density at radius 3 is 2.47 bits per heavy atom. The number of nitrogens with zero attached hydrogens (tertiary/aromatic N) is 1. The van der Waals surface area contributed by atoms with E-state index >= 15 is 0 Å². The zero-order valence-corrected chi connectivity index (χ0v) is 19.0. The number of carbonyl (C=O) groups is 2. The van der Waals surface area contributed by atoms with Crippen LogP contribution < -0.4 is 10.0 Å². The van der Waals surface area contributed by atoms with Crippen molar-refractivity contribution in [2.24, 2.45) is 0 Å². The predicted octanol–water partition coefficient (Wildman–Crippen LogP) is 1.11. The normalized spacial score (nSPS) is 12.0. The molecule has 0 aliphatic heterocycles. The van der Waals surface area contributed by atoms with E-state index in [-0.39, 0.29) is 19.8 Å². The molecule has 0 fully saturated rings. The first-order chi connectivity index (χ1) is 13.9. The maximum Gasteiger partial charge on any atom is 0.321 e. The first kappa shape index (κ1) is 24.2. The number of halogens is 1. The highest BCUT2D eigenvalue weighted by atomic mass is 35.5. The van der Waals surface area contributed by atoms with Crippen LogP contribution in [-0.2, 0) is 34.4 Å². The second-order valence-electron chi connectivity index (χ2n) is 5.90. The van der Waals surface area contributed by atoms with Gasteiger partial charge in [0.25, 0.3) is 15.9 Å². The lowest BCUT2D eigenvalue weighted by atomic mass is 10.3. The Balaban J connectivity index is 1.91. The highest BCUT2D eigenvalue weighted by molar-refractivity contribution is 7.91. The molecule has 0 spiro atoms. The van der Waals surface area contributed by atoms with Gasteiger partial charge in [-0.15, -0.1) is 11.3 Å². The fourth-order valence-corrected chi connectivity index (χ4v) is 5.41. The van der Waals surface area contributed by atoms with E-state index in [1.54, 1.807) is 11.4 Å². The second-order valence-corrected chi connectivity index (χ2v) is 11.4. The van der Waals surface area contributed by atoms with Crippen LogP contribution in [0.5, 0.6) is 0 Å². The second kappa shape index (κ2) is 9.85. The molecule has 30 heavy (non-hydrogen) atoms. The minimum absolute atomic E-state index is 0.0221. The molecular weight excluding hydrogens is 478 g/mol. The van der Waals surface area contributed by atoms with E-state index in [9.17, 15) is 26.4 Å². The van der Waals surface area contributed by atoms with Gasteiger partial charge in [-0.05, 0) is 29.6 Å². The molecule has 14 heteroatoms. The van der Waals surface area contributed by atoms with Gasteiger partial charge < -0.3 is 10.1 Å². The molecule has 0 atom stereocenters. The van der Waals surface area contributed by atoms with Crippen LogP contribution in [-0.4, -0.2) is 60.3 Å². The molecule has 2 rings (SSSR count). The molecule has 164 valence electrons. The van der Waals surface area contributed by atoms with Gasteiger partial charge in [-0.25, -0.2) is 21.1 Å². The van der Waals surface area contributed by atoms with E-state index in [2.05, 4.69) is 10.0 Å². The minimum Gasteiger partial charge on any atom is -0.455 e. The Bertz CT molecular complexity index is 1130. The standard InChI is InChI=1S/C16H18ClN3O7S3/c1-20(2)30(25,26)13-8-11(5-6-12(13)17)19-14(21)10-27-15(22)9-18-29(23,24)16-4-3-7-28-16/h3-8,18H,9-10H2,1-2H3,(H,19,21). The molecule has 0 radical (unpaired) electrons. The average Bonchev–Trinajstić information content (AvgIpc) is 3.22. The first-order valence-corrected chi connectivity index (χ1v) is 12.3. The van der Waals surface area contributed by atoms with Crippen molar-refractivity contribution in [1.82, 2.24) is 9.03 Å². The van der Waals surface area contributed by atoms with Crippen molar-refractivity contribution in [3.05, 3.63) is 40.7 Å². The SMILES string of the molecule is CN(C)S(=O)(=O)c1cc(NC(=O)COC(=O)CNS(=O)(=O)c2cccs2)ccc1Cl. The van der Waals surface area contributed by atoms with E-state index in [4.69, 9.17) is 16.3 Å². The third kappa shape index (κ3) is 6.23. The van der Waals surface area contributed by atoms with Crippen LogP contribution in [0.1, 0.15) is 0 Å². The van der Waals surface area contributed by atoms with E-state index < -0.39 is 45.1 Å². The van der Waals surface area contributed by atoms with Gasteiger partial charge in [0.2, 0.25) is 10.0 Å². The molecular formula is C16H18ClN3O7S3. The number of esters is 1. The summed E-state index contributed by atoms with van der Waals surface area (Å²) in [5, 5.41) is 3.93.